The highest BCUT2D eigenvalue weighted by atomic mass is 16.6. The number of carbonyl (C=O) groups excluding carboxylic acids is 5. The molecule has 39 heavy (non-hydrogen) atoms. The highest BCUT2D eigenvalue weighted by Gasteiger charge is 2.51. The molecule has 0 radical (unpaired) electrons. The van der Waals surface area contributed by atoms with Crippen LogP contribution in [0.5, 0.6) is 0 Å². The lowest BCUT2D eigenvalue weighted by molar-refractivity contribution is -0.135. The molecule has 1 saturated heterocycles. The molecule has 206 valence electrons. The van der Waals surface area contributed by atoms with Gasteiger partial charge in [-0.1, -0.05) is 65.0 Å². The van der Waals surface area contributed by atoms with E-state index in [4.69, 9.17) is 4.74 Å². The predicted molar refractivity (Wildman–Crippen MR) is 145 cm³/mol. The lowest BCUT2D eigenvalue weighted by Gasteiger charge is -2.39. The van der Waals surface area contributed by atoms with Crippen molar-refractivity contribution in [1.29, 1.82) is 0 Å². The van der Waals surface area contributed by atoms with E-state index < -0.39 is 46.7 Å². The van der Waals surface area contributed by atoms with Gasteiger partial charge in [-0.05, 0) is 41.5 Å². The van der Waals surface area contributed by atoms with Crippen LogP contribution in [0, 0.1) is 10.8 Å². The summed E-state index contributed by atoms with van der Waals surface area (Å²) in [6, 6.07) is 13.7. The van der Waals surface area contributed by atoms with E-state index in [0.717, 1.165) is 9.80 Å². The fraction of sp³-hybridized carbons (Fsp3) is 0.433. The first kappa shape index (κ1) is 28.0. The number of hydrogen-bond acceptors (Lipinski definition) is 6. The first-order valence-corrected chi connectivity index (χ1v) is 13.0. The first-order valence-electron chi connectivity index (χ1n) is 13.0. The molecule has 2 atom stereocenters. The summed E-state index contributed by atoms with van der Waals surface area (Å²) in [4.78, 5) is 70.3. The molecular formula is C30H35N3O6. The largest absolute Gasteiger partial charge is 0.447 e. The van der Waals surface area contributed by atoms with Gasteiger partial charge in [-0.25, -0.2) is 9.69 Å². The maximum atomic E-state index is 14.2. The van der Waals surface area contributed by atoms with Gasteiger partial charge in [0.15, 0.2) is 0 Å². The van der Waals surface area contributed by atoms with Crippen LogP contribution < -0.4 is 4.90 Å². The number of nitrogens with zero attached hydrogens (tertiary/aromatic N) is 3. The van der Waals surface area contributed by atoms with Gasteiger partial charge in [0.05, 0.1) is 17.2 Å². The Morgan fingerprint density at radius 1 is 0.923 bits per heavy atom. The molecule has 0 unspecified atom stereocenters. The molecule has 2 aliphatic heterocycles. The van der Waals surface area contributed by atoms with Crippen LogP contribution in [0.3, 0.4) is 0 Å². The third-order valence-corrected chi connectivity index (χ3v) is 7.31. The van der Waals surface area contributed by atoms with Crippen LogP contribution in [0.25, 0.3) is 0 Å². The van der Waals surface area contributed by atoms with E-state index in [-0.39, 0.29) is 36.6 Å². The first-order chi connectivity index (χ1) is 18.2. The van der Waals surface area contributed by atoms with Crippen molar-refractivity contribution in [2.75, 3.05) is 18.1 Å². The zero-order chi connectivity index (χ0) is 28.7. The second-order valence-corrected chi connectivity index (χ2v) is 12.0. The zero-order valence-corrected chi connectivity index (χ0v) is 23.3. The number of hydrogen-bond donors (Lipinski definition) is 0. The predicted octanol–water partition coefficient (Wildman–Crippen LogP) is 4.51. The number of amides is 5. The third-order valence-electron chi connectivity index (χ3n) is 7.31. The summed E-state index contributed by atoms with van der Waals surface area (Å²) in [6.07, 6.45) is -0.775. The molecule has 9 heteroatoms. The minimum absolute atomic E-state index is 0.0224. The van der Waals surface area contributed by atoms with Crippen molar-refractivity contribution in [3.8, 4) is 0 Å². The quantitative estimate of drug-likeness (QED) is 0.485. The molecule has 0 N–H and O–H groups in total. The van der Waals surface area contributed by atoms with Crippen molar-refractivity contribution in [2.45, 2.75) is 60.0 Å². The smallest absolute Gasteiger partial charge is 0.417 e. The monoisotopic (exact) mass is 533 g/mol. The summed E-state index contributed by atoms with van der Waals surface area (Å²) in [7, 11) is 0. The van der Waals surface area contributed by atoms with Crippen molar-refractivity contribution in [3.05, 3.63) is 65.7 Å². The lowest BCUT2D eigenvalue weighted by atomic mass is 9.82. The van der Waals surface area contributed by atoms with E-state index in [9.17, 15) is 24.0 Å². The maximum absolute atomic E-state index is 14.2. The van der Waals surface area contributed by atoms with E-state index in [1.54, 1.807) is 29.2 Å². The Balaban J connectivity index is 1.73. The van der Waals surface area contributed by atoms with Gasteiger partial charge in [-0.2, -0.15) is 0 Å². The molecule has 0 saturated carbocycles. The molecule has 0 bridgehead atoms. The average molecular weight is 534 g/mol. The van der Waals surface area contributed by atoms with Gasteiger partial charge in [-0.3, -0.25) is 24.1 Å². The van der Waals surface area contributed by atoms with Crippen LogP contribution in [0.1, 0.15) is 68.7 Å². The van der Waals surface area contributed by atoms with E-state index in [1.165, 1.54) is 6.92 Å². The van der Waals surface area contributed by atoms with Gasteiger partial charge < -0.3 is 9.64 Å². The van der Waals surface area contributed by atoms with Crippen molar-refractivity contribution < 1.29 is 28.7 Å². The standard InChI is InChI=1S/C30H35N3O6/c1-19(34)31(20-12-8-7-9-13-20)18-30(5,6)16-23(27(37)33-24(29(2,3)4)17-39-28(33)38)32-25(35)21-14-10-11-15-22(21)26(32)36/h7-15,23-24H,16-18H2,1-6H3/t23-,24+/m0/s1. The van der Waals surface area contributed by atoms with E-state index >= 15 is 0 Å². The van der Waals surface area contributed by atoms with E-state index in [0.29, 0.717) is 5.69 Å². The summed E-state index contributed by atoms with van der Waals surface area (Å²) in [5.41, 5.74) is -0.133. The highest BCUT2D eigenvalue weighted by molar-refractivity contribution is 6.23. The van der Waals surface area contributed by atoms with E-state index in [1.807, 2.05) is 65.0 Å². The summed E-state index contributed by atoms with van der Waals surface area (Å²) < 4.78 is 5.26. The Labute approximate surface area is 228 Å². The number of benzene rings is 2. The number of rotatable bonds is 7. The number of anilines is 1. The Kier molecular flexibility index (Phi) is 7.38. The zero-order valence-electron chi connectivity index (χ0n) is 23.3. The van der Waals surface area contributed by atoms with Crippen molar-refractivity contribution in [3.63, 3.8) is 0 Å². The van der Waals surface area contributed by atoms with Gasteiger partial charge in [0.1, 0.15) is 12.6 Å². The molecule has 0 aliphatic carbocycles. The molecule has 5 amide bonds. The van der Waals surface area contributed by atoms with Gasteiger partial charge in [0, 0.05) is 19.2 Å². The van der Waals surface area contributed by atoms with Gasteiger partial charge in [0.2, 0.25) is 5.91 Å². The minimum Gasteiger partial charge on any atom is -0.447 e. The fourth-order valence-corrected chi connectivity index (χ4v) is 5.25. The minimum atomic E-state index is -1.28. The topological polar surface area (TPSA) is 104 Å². The number of carbonyl (C=O) groups is 5. The molecule has 1 fully saturated rings. The number of para-hydroxylation sites is 1. The number of imide groups is 2. The number of ether oxygens (including phenoxy) is 1. The molecule has 0 spiro atoms. The van der Waals surface area contributed by atoms with Crippen molar-refractivity contribution >= 4 is 35.4 Å². The Bertz CT molecular complexity index is 1280. The maximum Gasteiger partial charge on any atom is 0.417 e. The van der Waals surface area contributed by atoms with E-state index in [2.05, 4.69) is 0 Å². The van der Waals surface area contributed by atoms with Crippen LogP contribution in [-0.4, -0.2) is 64.8 Å². The van der Waals surface area contributed by atoms with Crippen LogP contribution in [0.15, 0.2) is 54.6 Å². The molecule has 2 aliphatic rings. The normalized spacial score (nSPS) is 18.2. The Morgan fingerprint density at radius 2 is 1.46 bits per heavy atom. The molecular weight excluding hydrogens is 498 g/mol. The Hall–Kier alpha value is -4.01. The van der Waals surface area contributed by atoms with Crippen LogP contribution in [-0.2, 0) is 14.3 Å². The summed E-state index contributed by atoms with van der Waals surface area (Å²) in [5.74, 6) is -2.03. The molecule has 2 aromatic carbocycles. The molecule has 9 nitrogen and oxygen atoms in total. The summed E-state index contributed by atoms with van der Waals surface area (Å²) in [6.45, 7) is 11.1. The summed E-state index contributed by atoms with van der Waals surface area (Å²) in [5, 5.41) is 0. The molecule has 4 rings (SSSR count). The average Bonchev–Trinajstić information content (AvgIpc) is 3.39. The van der Waals surface area contributed by atoms with Crippen LogP contribution >= 0.6 is 0 Å². The summed E-state index contributed by atoms with van der Waals surface area (Å²) >= 11 is 0. The Morgan fingerprint density at radius 3 is 1.97 bits per heavy atom. The number of fused-ring (bicyclic) bond motifs is 1. The second-order valence-electron chi connectivity index (χ2n) is 12.0. The lowest BCUT2D eigenvalue weighted by Crippen LogP contribution is -2.57. The molecule has 2 aromatic rings. The number of cyclic esters (lactones) is 1. The van der Waals surface area contributed by atoms with Crippen LogP contribution in [0.2, 0.25) is 0 Å². The molecule has 0 aromatic heterocycles. The SMILES string of the molecule is CC(=O)N(CC(C)(C)C[C@@H](C(=O)N1C(=O)OC[C@@H]1C(C)(C)C)N1C(=O)c2ccccc2C1=O)c1ccccc1. The van der Waals surface area contributed by atoms with Crippen molar-refractivity contribution in [2.24, 2.45) is 10.8 Å². The second kappa shape index (κ2) is 10.3. The van der Waals surface area contributed by atoms with Crippen molar-refractivity contribution in [1.82, 2.24) is 9.80 Å². The third kappa shape index (κ3) is 5.44. The molecule has 2 heterocycles. The fourth-order valence-electron chi connectivity index (χ4n) is 5.25. The van der Waals surface area contributed by atoms with Crippen LogP contribution in [0.4, 0.5) is 10.5 Å². The highest BCUT2D eigenvalue weighted by Crippen LogP contribution is 2.36. The van der Waals surface area contributed by atoms with Gasteiger partial charge in [0.25, 0.3) is 17.7 Å². The van der Waals surface area contributed by atoms with Gasteiger partial charge >= 0.3 is 6.09 Å². The van der Waals surface area contributed by atoms with Gasteiger partial charge in [-0.15, -0.1) is 0 Å².